The SMILES string of the molecule is O=C1CCC(N2Cc3ccc(N4CCN(C(=O)c5cccc(C(F)(F)F)c5)CC4)nc3C2=O)C(=O)N1. The second-order valence-corrected chi connectivity index (χ2v) is 8.93. The Labute approximate surface area is 203 Å². The van der Waals surface area contributed by atoms with Gasteiger partial charge in [0.05, 0.1) is 5.56 Å². The molecule has 0 saturated carbocycles. The van der Waals surface area contributed by atoms with Gasteiger partial charge in [-0.3, -0.25) is 24.5 Å². The molecule has 2 aromatic rings. The summed E-state index contributed by atoms with van der Waals surface area (Å²) >= 11 is 0. The van der Waals surface area contributed by atoms with Gasteiger partial charge < -0.3 is 14.7 Å². The fraction of sp³-hybridized carbons (Fsp3) is 0.375. The summed E-state index contributed by atoms with van der Waals surface area (Å²) in [6, 6.07) is 7.19. The molecular formula is C24H22F3N5O4. The molecule has 0 bridgehead atoms. The minimum Gasteiger partial charge on any atom is -0.353 e. The average molecular weight is 501 g/mol. The third kappa shape index (κ3) is 4.38. The van der Waals surface area contributed by atoms with Crippen LogP contribution >= 0.6 is 0 Å². The second kappa shape index (κ2) is 8.92. The van der Waals surface area contributed by atoms with E-state index in [9.17, 15) is 32.3 Å². The summed E-state index contributed by atoms with van der Waals surface area (Å²) in [5.41, 5.74) is 0.0462. The fourth-order valence-electron chi connectivity index (χ4n) is 4.74. The number of pyridine rings is 1. The fourth-order valence-corrected chi connectivity index (χ4v) is 4.74. The highest BCUT2D eigenvalue weighted by Crippen LogP contribution is 2.31. The molecule has 0 aliphatic carbocycles. The van der Waals surface area contributed by atoms with Crippen LogP contribution in [-0.4, -0.2) is 70.6 Å². The molecule has 4 amide bonds. The number of piperidine rings is 1. The van der Waals surface area contributed by atoms with E-state index in [-0.39, 0.29) is 55.5 Å². The summed E-state index contributed by atoms with van der Waals surface area (Å²) in [5, 5.41) is 2.26. The van der Waals surface area contributed by atoms with Crippen LogP contribution in [0.3, 0.4) is 0 Å². The number of rotatable bonds is 3. The number of fused-ring (bicyclic) bond motifs is 1. The number of imide groups is 1. The third-order valence-electron chi connectivity index (χ3n) is 6.68. The van der Waals surface area contributed by atoms with E-state index in [0.717, 1.165) is 12.1 Å². The van der Waals surface area contributed by atoms with Gasteiger partial charge in [-0.25, -0.2) is 4.98 Å². The van der Waals surface area contributed by atoms with E-state index in [4.69, 9.17) is 0 Å². The maximum Gasteiger partial charge on any atom is 0.416 e. The Balaban J connectivity index is 1.24. The first-order valence-electron chi connectivity index (χ1n) is 11.5. The first-order chi connectivity index (χ1) is 17.1. The zero-order chi connectivity index (χ0) is 25.6. The summed E-state index contributed by atoms with van der Waals surface area (Å²) in [4.78, 5) is 58.8. The maximum atomic E-state index is 13.0. The summed E-state index contributed by atoms with van der Waals surface area (Å²) < 4.78 is 39.0. The van der Waals surface area contributed by atoms with Crippen molar-refractivity contribution in [2.24, 2.45) is 0 Å². The predicted molar refractivity (Wildman–Crippen MR) is 120 cm³/mol. The molecule has 1 aromatic carbocycles. The van der Waals surface area contributed by atoms with Gasteiger partial charge in [0, 0.05) is 50.3 Å². The Morgan fingerprint density at radius 3 is 2.47 bits per heavy atom. The molecule has 1 unspecified atom stereocenters. The Kier molecular flexibility index (Phi) is 5.89. The molecule has 188 valence electrons. The highest BCUT2D eigenvalue weighted by molar-refractivity contribution is 6.04. The Morgan fingerprint density at radius 1 is 1.03 bits per heavy atom. The van der Waals surface area contributed by atoms with Crippen LogP contribution in [0.2, 0.25) is 0 Å². The van der Waals surface area contributed by atoms with Crippen molar-refractivity contribution in [2.45, 2.75) is 31.6 Å². The lowest BCUT2D eigenvalue weighted by molar-refractivity contribution is -0.138. The summed E-state index contributed by atoms with van der Waals surface area (Å²) in [6.07, 6.45) is -4.10. The number of amides is 4. The number of carbonyl (C=O) groups is 4. The number of halogens is 3. The second-order valence-electron chi connectivity index (χ2n) is 8.93. The molecule has 3 aliphatic heterocycles. The van der Waals surface area contributed by atoms with E-state index in [0.29, 0.717) is 24.5 Å². The van der Waals surface area contributed by atoms with E-state index in [1.807, 2.05) is 4.90 Å². The smallest absolute Gasteiger partial charge is 0.353 e. The van der Waals surface area contributed by atoms with Crippen molar-refractivity contribution in [3.05, 3.63) is 58.8 Å². The zero-order valence-electron chi connectivity index (χ0n) is 19.0. The van der Waals surface area contributed by atoms with Gasteiger partial charge >= 0.3 is 6.18 Å². The Hall–Kier alpha value is -3.96. The number of benzene rings is 1. The number of hydrogen-bond acceptors (Lipinski definition) is 6. The third-order valence-corrected chi connectivity index (χ3v) is 6.68. The molecule has 1 aromatic heterocycles. The minimum absolute atomic E-state index is 0.0203. The van der Waals surface area contributed by atoms with Crippen molar-refractivity contribution in [1.82, 2.24) is 20.1 Å². The van der Waals surface area contributed by atoms with E-state index in [2.05, 4.69) is 10.3 Å². The molecule has 0 radical (unpaired) electrons. The number of piperazine rings is 1. The Bertz CT molecular complexity index is 1260. The molecule has 4 heterocycles. The number of hydrogen-bond donors (Lipinski definition) is 1. The average Bonchev–Trinajstić information content (AvgIpc) is 3.18. The van der Waals surface area contributed by atoms with Gasteiger partial charge in [0.15, 0.2) is 0 Å². The van der Waals surface area contributed by atoms with Gasteiger partial charge in [0.2, 0.25) is 11.8 Å². The molecule has 9 nitrogen and oxygen atoms in total. The van der Waals surface area contributed by atoms with Crippen LogP contribution in [0.4, 0.5) is 19.0 Å². The van der Waals surface area contributed by atoms with E-state index in [1.165, 1.54) is 21.9 Å². The highest BCUT2D eigenvalue weighted by atomic mass is 19.4. The number of aromatic nitrogens is 1. The number of carbonyl (C=O) groups excluding carboxylic acids is 4. The first kappa shape index (κ1) is 23.8. The lowest BCUT2D eigenvalue weighted by Gasteiger charge is -2.35. The molecule has 3 aliphatic rings. The van der Waals surface area contributed by atoms with Crippen molar-refractivity contribution in [1.29, 1.82) is 0 Å². The van der Waals surface area contributed by atoms with Crippen LogP contribution in [0.5, 0.6) is 0 Å². The zero-order valence-corrected chi connectivity index (χ0v) is 19.0. The highest BCUT2D eigenvalue weighted by Gasteiger charge is 2.40. The molecule has 1 atom stereocenters. The number of anilines is 1. The van der Waals surface area contributed by atoms with Gasteiger partial charge in [-0.2, -0.15) is 13.2 Å². The summed E-state index contributed by atoms with van der Waals surface area (Å²) in [5.74, 6) is -1.16. The molecule has 0 spiro atoms. The number of nitrogens with zero attached hydrogens (tertiary/aromatic N) is 4. The molecule has 1 N–H and O–H groups in total. The van der Waals surface area contributed by atoms with Gasteiger partial charge in [-0.1, -0.05) is 12.1 Å². The van der Waals surface area contributed by atoms with Crippen LogP contribution in [0.15, 0.2) is 36.4 Å². The summed E-state index contributed by atoms with van der Waals surface area (Å²) in [7, 11) is 0. The van der Waals surface area contributed by atoms with Crippen molar-refractivity contribution >= 4 is 29.4 Å². The topological polar surface area (TPSA) is 103 Å². The molecule has 5 rings (SSSR count). The van der Waals surface area contributed by atoms with Crippen molar-refractivity contribution in [3.8, 4) is 0 Å². The molecule has 2 saturated heterocycles. The largest absolute Gasteiger partial charge is 0.416 e. The molecule has 36 heavy (non-hydrogen) atoms. The maximum absolute atomic E-state index is 13.0. The van der Waals surface area contributed by atoms with Crippen LogP contribution < -0.4 is 10.2 Å². The lowest BCUT2D eigenvalue weighted by Crippen LogP contribution is -2.52. The van der Waals surface area contributed by atoms with E-state index < -0.39 is 29.6 Å². The number of alkyl halides is 3. The minimum atomic E-state index is -4.53. The molecule has 2 fully saturated rings. The van der Waals surface area contributed by atoms with Crippen LogP contribution in [-0.2, 0) is 22.3 Å². The van der Waals surface area contributed by atoms with Crippen LogP contribution in [0.25, 0.3) is 0 Å². The monoisotopic (exact) mass is 501 g/mol. The summed E-state index contributed by atoms with van der Waals surface area (Å²) in [6.45, 7) is 1.57. The van der Waals surface area contributed by atoms with Crippen LogP contribution in [0.1, 0.15) is 44.8 Å². The van der Waals surface area contributed by atoms with Gasteiger partial charge in [-0.15, -0.1) is 0 Å². The predicted octanol–water partition coefficient (Wildman–Crippen LogP) is 1.82. The molecule has 12 heteroatoms. The molecular weight excluding hydrogens is 479 g/mol. The standard InChI is InChI=1S/C24H22F3N5O4/c25-24(26,27)16-3-1-2-14(12-16)22(35)31-10-8-30(9-11-31)18-6-4-15-13-32(23(36)20(15)28-18)17-5-7-19(33)29-21(17)34/h1-4,6,12,17H,5,7-11,13H2,(H,29,33,34). The van der Waals surface area contributed by atoms with Crippen molar-refractivity contribution in [2.75, 3.05) is 31.1 Å². The first-order valence-corrected chi connectivity index (χ1v) is 11.5. The van der Waals surface area contributed by atoms with Gasteiger partial charge in [0.1, 0.15) is 17.6 Å². The lowest BCUT2D eigenvalue weighted by atomic mass is 10.0. The quantitative estimate of drug-likeness (QED) is 0.644. The number of nitrogens with one attached hydrogen (secondary N) is 1. The van der Waals surface area contributed by atoms with Gasteiger partial charge in [0.25, 0.3) is 11.8 Å². The Morgan fingerprint density at radius 2 is 1.78 bits per heavy atom. The van der Waals surface area contributed by atoms with Gasteiger partial charge in [-0.05, 0) is 30.7 Å². The van der Waals surface area contributed by atoms with Crippen molar-refractivity contribution in [3.63, 3.8) is 0 Å². The van der Waals surface area contributed by atoms with Crippen LogP contribution in [0, 0.1) is 0 Å². The van der Waals surface area contributed by atoms with Crippen molar-refractivity contribution < 1.29 is 32.3 Å². The van der Waals surface area contributed by atoms with E-state index >= 15 is 0 Å². The van der Waals surface area contributed by atoms with E-state index in [1.54, 1.807) is 12.1 Å². The normalized spacial score (nSPS) is 20.5.